The topological polar surface area (TPSA) is 86.9 Å². The molecule has 2 rings (SSSR count). The van der Waals surface area contributed by atoms with Crippen molar-refractivity contribution >= 4 is 29.5 Å². The average molecular weight is 317 g/mol. The molecule has 114 valence electrons. The molecule has 0 fully saturated rings. The van der Waals surface area contributed by atoms with Gasteiger partial charge in [0.2, 0.25) is 0 Å². The van der Waals surface area contributed by atoms with E-state index in [2.05, 4.69) is 15.8 Å². The van der Waals surface area contributed by atoms with Gasteiger partial charge in [-0.25, -0.2) is 4.79 Å². The first-order valence-electron chi connectivity index (χ1n) is 6.60. The van der Waals surface area contributed by atoms with Crippen molar-refractivity contribution in [1.29, 1.82) is 0 Å². The van der Waals surface area contributed by atoms with Gasteiger partial charge in [-0.2, -0.15) is 5.10 Å². The van der Waals surface area contributed by atoms with Crippen molar-refractivity contribution in [3.05, 3.63) is 47.7 Å². The molecule has 1 heterocycles. The van der Waals surface area contributed by atoms with Crippen molar-refractivity contribution in [2.45, 2.75) is 6.92 Å². The van der Waals surface area contributed by atoms with Crippen LogP contribution < -0.4 is 10.7 Å². The SMILES string of the molecule is CCNC(=S)N/N=C\c1ccc(-c2ccc(C(=O)O)cc2)o1. The number of aromatic carboxylic acids is 1. The molecule has 2 aromatic rings. The number of thiocarbonyl (C=S) groups is 1. The second-order valence-electron chi connectivity index (χ2n) is 4.31. The monoisotopic (exact) mass is 317 g/mol. The minimum Gasteiger partial charge on any atom is -0.478 e. The highest BCUT2D eigenvalue weighted by atomic mass is 32.1. The van der Waals surface area contributed by atoms with E-state index in [1.807, 2.05) is 6.92 Å². The van der Waals surface area contributed by atoms with E-state index in [9.17, 15) is 4.79 Å². The summed E-state index contributed by atoms with van der Waals surface area (Å²) < 4.78 is 5.61. The van der Waals surface area contributed by atoms with Gasteiger partial charge in [-0.3, -0.25) is 5.43 Å². The first kappa shape index (κ1) is 15.7. The molecule has 0 aliphatic heterocycles. The van der Waals surface area contributed by atoms with Crippen molar-refractivity contribution in [3.8, 4) is 11.3 Å². The molecule has 1 aromatic carbocycles. The molecule has 22 heavy (non-hydrogen) atoms. The second-order valence-corrected chi connectivity index (χ2v) is 4.72. The van der Waals surface area contributed by atoms with E-state index in [1.165, 1.54) is 18.3 Å². The lowest BCUT2D eigenvalue weighted by molar-refractivity contribution is 0.0697. The Morgan fingerprint density at radius 2 is 2.05 bits per heavy atom. The Morgan fingerprint density at radius 3 is 2.68 bits per heavy atom. The van der Waals surface area contributed by atoms with Gasteiger partial charge in [0, 0.05) is 12.1 Å². The molecule has 0 atom stereocenters. The number of hydrogen-bond acceptors (Lipinski definition) is 4. The van der Waals surface area contributed by atoms with Gasteiger partial charge in [0.15, 0.2) is 5.11 Å². The number of hydrogen-bond donors (Lipinski definition) is 3. The van der Waals surface area contributed by atoms with Crippen LogP contribution in [0.1, 0.15) is 23.0 Å². The molecule has 0 saturated heterocycles. The minimum atomic E-state index is -0.957. The van der Waals surface area contributed by atoms with Crippen LogP contribution in [0.3, 0.4) is 0 Å². The first-order valence-corrected chi connectivity index (χ1v) is 7.01. The van der Waals surface area contributed by atoms with Gasteiger partial charge < -0.3 is 14.8 Å². The van der Waals surface area contributed by atoms with Crippen molar-refractivity contribution in [2.75, 3.05) is 6.54 Å². The zero-order valence-electron chi connectivity index (χ0n) is 11.9. The summed E-state index contributed by atoms with van der Waals surface area (Å²) in [6.45, 7) is 2.66. The fourth-order valence-electron chi connectivity index (χ4n) is 1.71. The summed E-state index contributed by atoms with van der Waals surface area (Å²) >= 11 is 4.97. The van der Waals surface area contributed by atoms with Gasteiger partial charge in [-0.1, -0.05) is 12.1 Å². The van der Waals surface area contributed by atoms with Gasteiger partial charge >= 0.3 is 5.97 Å². The van der Waals surface area contributed by atoms with Crippen molar-refractivity contribution in [3.63, 3.8) is 0 Å². The number of carbonyl (C=O) groups is 1. The summed E-state index contributed by atoms with van der Waals surface area (Å²) in [6, 6.07) is 10.0. The summed E-state index contributed by atoms with van der Waals surface area (Å²) in [7, 11) is 0. The van der Waals surface area contributed by atoms with E-state index in [0.717, 1.165) is 12.1 Å². The lowest BCUT2D eigenvalue weighted by atomic mass is 10.1. The summed E-state index contributed by atoms with van der Waals surface area (Å²) in [6.07, 6.45) is 1.51. The standard InChI is InChI=1S/C15H15N3O3S/c1-2-16-15(22)18-17-9-12-7-8-13(21-12)10-3-5-11(6-4-10)14(19)20/h3-9H,2H2,1H3,(H,19,20)(H2,16,18,22)/b17-9-. The van der Waals surface area contributed by atoms with Crippen molar-refractivity contribution < 1.29 is 14.3 Å². The highest BCUT2D eigenvalue weighted by Crippen LogP contribution is 2.22. The Bertz CT molecular complexity index is 692. The maximum Gasteiger partial charge on any atom is 0.335 e. The number of hydrazone groups is 1. The average Bonchev–Trinajstić information content (AvgIpc) is 2.96. The van der Waals surface area contributed by atoms with Crippen molar-refractivity contribution in [2.24, 2.45) is 5.10 Å². The molecule has 6 nitrogen and oxygen atoms in total. The number of rotatable bonds is 5. The zero-order valence-corrected chi connectivity index (χ0v) is 12.7. The molecule has 0 saturated carbocycles. The number of carboxylic acids is 1. The molecule has 1 aromatic heterocycles. The summed E-state index contributed by atoms with van der Waals surface area (Å²) in [5, 5.41) is 16.2. The normalized spacial score (nSPS) is 10.6. The molecule has 0 aliphatic carbocycles. The van der Waals surface area contributed by atoms with Gasteiger partial charge in [0.1, 0.15) is 11.5 Å². The maximum atomic E-state index is 10.8. The van der Waals surface area contributed by atoms with E-state index in [-0.39, 0.29) is 5.56 Å². The third-order valence-corrected chi connectivity index (χ3v) is 2.97. The largest absolute Gasteiger partial charge is 0.478 e. The maximum absolute atomic E-state index is 10.8. The van der Waals surface area contributed by atoms with E-state index in [0.29, 0.717) is 16.6 Å². The number of nitrogens with zero attached hydrogens (tertiary/aromatic N) is 1. The number of carboxylic acid groups (broad SMARTS) is 1. The molecule has 0 aliphatic rings. The quantitative estimate of drug-likeness (QED) is 0.446. The molecule has 0 amide bonds. The Morgan fingerprint density at radius 1 is 1.32 bits per heavy atom. The van der Waals surface area contributed by atoms with Crippen LogP contribution in [0.5, 0.6) is 0 Å². The lowest BCUT2D eigenvalue weighted by Gasteiger charge is -2.01. The summed E-state index contributed by atoms with van der Waals surface area (Å²) in [5.41, 5.74) is 3.69. The van der Waals surface area contributed by atoms with Crippen LogP contribution in [-0.2, 0) is 0 Å². The highest BCUT2D eigenvalue weighted by Gasteiger charge is 2.06. The number of furan rings is 1. The fraction of sp³-hybridized carbons (Fsp3) is 0.133. The molecule has 3 N–H and O–H groups in total. The van der Waals surface area contributed by atoms with Crippen LogP contribution in [-0.4, -0.2) is 28.9 Å². The predicted octanol–water partition coefficient (Wildman–Crippen LogP) is 2.46. The smallest absolute Gasteiger partial charge is 0.335 e. The van der Waals surface area contributed by atoms with Crippen LogP contribution in [0.2, 0.25) is 0 Å². The number of benzene rings is 1. The fourth-order valence-corrected chi connectivity index (χ4v) is 1.91. The highest BCUT2D eigenvalue weighted by molar-refractivity contribution is 7.80. The second kappa shape index (κ2) is 7.37. The summed E-state index contributed by atoms with van der Waals surface area (Å²) in [4.78, 5) is 10.8. The Labute approximate surface area is 132 Å². The minimum absolute atomic E-state index is 0.234. The molecule has 0 spiro atoms. The number of nitrogens with one attached hydrogen (secondary N) is 2. The van der Waals surface area contributed by atoms with Crippen molar-refractivity contribution in [1.82, 2.24) is 10.7 Å². The predicted molar refractivity (Wildman–Crippen MR) is 88.1 cm³/mol. The third-order valence-electron chi connectivity index (χ3n) is 2.74. The van der Waals surface area contributed by atoms with Gasteiger partial charge in [-0.15, -0.1) is 0 Å². The Kier molecular flexibility index (Phi) is 5.26. The molecular weight excluding hydrogens is 302 g/mol. The molecule has 0 radical (unpaired) electrons. The molecule has 0 unspecified atom stereocenters. The van der Waals surface area contributed by atoms with Gasteiger partial charge in [0.25, 0.3) is 0 Å². The van der Waals surface area contributed by atoms with E-state index in [1.54, 1.807) is 24.3 Å². The Balaban J connectivity index is 2.03. The van der Waals surface area contributed by atoms with Crippen LogP contribution in [0.4, 0.5) is 0 Å². The van der Waals surface area contributed by atoms with E-state index < -0.39 is 5.97 Å². The lowest BCUT2D eigenvalue weighted by Crippen LogP contribution is -2.31. The van der Waals surface area contributed by atoms with Crippen LogP contribution in [0.15, 0.2) is 45.9 Å². The molecular formula is C15H15N3O3S. The molecule has 7 heteroatoms. The van der Waals surface area contributed by atoms with E-state index >= 15 is 0 Å². The summed E-state index contributed by atoms with van der Waals surface area (Å²) in [5.74, 6) is 0.235. The van der Waals surface area contributed by atoms with Gasteiger partial charge in [-0.05, 0) is 43.4 Å². The van der Waals surface area contributed by atoms with Crippen LogP contribution in [0.25, 0.3) is 11.3 Å². The third kappa shape index (κ3) is 4.16. The molecule has 0 bridgehead atoms. The van der Waals surface area contributed by atoms with E-state index in [4.69, 9.17) is 21.7 Å². The van der Waals surface area contributed by atoms with Crippen LogP contribution in [0, 0.1) is 0 Å². The Hall–Kier alpha value is -2.67. The van der Waals surface area contributed by atoms with Gasteiger partial charge in [0.05, 0.1) is 11.8 Å². The zero-order chi connectivity index (χ0) is 15.9. The first-order chi connectivity index (χ1) is 10.6. The van der Waals surface area contributed by atoms with Crippen LogP contribution >= 0.6 is 12.2 Å².